The van der Waals surface area contributed by atoms with Gasteiger partial charge in [0.1, 0.15) is 10.6 Å². The van der Waals surface area contributed by atoms with Gasteiger partial charge in [-0.15, -0.1) is 0 Å². The molecule has 186 valence electrons. The van der Waals surface area contributed by atoms with Crippen LogP contribution in [0.2, 0.25) is 0 Å². The van der Waals surface area contributed by atoms with Crippen LogP contribution in [0.5, 0.6) is 5.75 Å². The Morgan fingerprint density at radius 1 is 1.00 bits per heavy atom. The van der Waals surface area contributed by atoms with Crippen LogP contribution in [0.25, 0.3) is 0 Å². The number of aryl methyl sites for hydroxylation is 1. The molecule has 1 N–H and O–H groups in total. The highest BCUT2D eigenvalue weighted by Crippen LogP contribution is 2.30. The van der Waals surface area contributed by atoms with E-state index < -0.39 is 26.0 Å². The first-order valence-corrected chi connectivity index (χ1v) is 14.0. The lowest BCUT2D eigenvalue weighted by Gasteiger charge is -2.20. The van der Waals surface area contributed by atoms with Crippen LogP contribution in [-0.4, -0.2) is 64.6 Å². The van der Waals surface area contributed by atoms with Gasteiger partial charge in [0.05, 0.1) is 12.0 Å². The van der Waals surface area contributed by atoms with Crippen LogP contribution in [0.15, 0.2) is 46.2 Å². The Morgan fingerprint density at radius 2 is 1.65 bits per heavy atom. The number of ether oxygens (including phenoxy) is 1. The van der Waals surface area contributed by atoms with Crippen LogP contribution < -0.4 is 10.1 Å². The van der Waals surface area contributed by atoms with E-state index in [0.717, 1.165) is 12.8 Å². The molecule has 0 spiro atoms. The van der Waals surface area contributed by atoms with Crippen molar-refractivity contribution in [3.63, 3.8) is 0 Å². The van der Waals surface area contributed by atoms with Crippen molar-refractivity contribution in [2.24, 2.45) is 0 Å². The number of methoxy groups -OCH3 is 1. The molecule has 0 atom stereocenters. The topological polar surface area (TPSA) is 113 Å². The number of carbonyl (C=O) groups is 1. The average Bonchev–Trinajstić information content (AvgIpc) is 3.36. The van der Waals surface area contributed by atoms with Crippen LogP contribution in [-0.2, 0) is 20.0 Å². The summed E-state index contributed by atoms with van der Waals surface area (Å²) in [4.78, 5) is 13.0. The smallest absolute Gasteiger partial charge is 0.255 e. The summed E-state index contributed by atoms with van der Waals surface area (Å²) in [5, 5.41) is 2.69. The van der Waals surface area contributed by atoms with Crippen LogP contribution >= 0.6 is 0 Å². The number of nitrogens with zero attached hydrogens (tertiary/aromatic N) is 2. The summed E-state index contributed by atoms with van der Waals surface area (Å²) in [6.45, 7) is 6.73. The quantitative estimate of drug-likeness (QED) is 0.556. The summed E-state index contributed by atoms with van der Waals surface area (Å²) in [5.74, 6) is -0.401. The Morgan fingerprint density at radius 3 is 2.24 bits per heavy atom. The average molecular weight is 510 g/mol. The maximum absolute atomic E-state index is 13.1. The van der Waals surface area contributed by atoms with Crippen molar-refractivity contribution < 1.29 is 26.4 Å². The second kappa shape index (κ2) is 10.4. The molecule has 3 rings (SSSR count). The standard InChI is InChI=1S/C23H31N3O6S2/c1-5-25(6-2)33(28,29)21-16-19(11-9-17(21)3)24-23(27)18-10-12-20(32-4)22(15-18)34(30,31)26-13-7-8-14-26/h9-12,15-16H,5-8,13-14H2,1-4H3,(H,24,27). The van der Waals surface area contributed by atoms with Crippen molar-refractivity contribution in [3.05, 3.63) is 47.5 Å². The Kier molecular flexibility index (Phi) is 8.02. The van der Waals surface area contributed by atoms with Gasteiger partial charge in [-0.05, 0) is 55.7 Å². The number of hydrogen-bond donors (Lipinski definition) is 1. The fraction of sp³-hybridized carbons (Fsp3) is 0.435. The van der Waals surface area contributed by atoms with E-state index in [2.05, 4.69) is 5.32 Å². The fourth-order valence-electron chi connectivity index (χ4n) is 3.95. The maximum atomic E-state index is 13.1. The van der Waals surface area contributed by atoms with Crippen molar-refractivity contribution in [2.75, 3.05) is 38.6 Å². The SMILES string of the molecule is CCN(CC)S(=O)(=O)c1cc(NC(=O)c2ccc(OC)c(S(=O)(=O)N3CCCC3)c2)ccc1C. The molecular weight excluding hydrogens is 478 g/mol. The predicted octanol–water partition coefficient (Wildman–Crippen LogP) is 3.07. The first-order chi connectivity index (χ1) is 16.1. The summed E-state index contributed by atoms with van der Waals surface area (Å²) in [6, 6.07) is 8.88. The molecule has 1 aliphatic rings. The van der Waals surface area contributed by atoms with E-state index in [1.807, 2.05) is 0 Å². The van der Waals surface area contributed by atoms with Crippen LogP contribution in [0.4, 0.5) is 5.69 Å². The Hall–Kier alpha value is -2.47. The molecule has 1 saturated heterocycles. The first kappa shape index (κ1) is 26.1. The summed E-state index contributed by atoms with van der Waals surface area (Å²) in [5.41, 5.74) is 0.974. The molecule has 2 aromatic carbocycles. The van der Waals surface area contributed by atoms with Gasteiger partial charge < -0.3 is 10.1 Å². The van der Waals surface area contributed by atoms with E-state index in [0.29, 0.717) is 37.4 Å². The lowest BCUT2D eigenvalue weighted by molar-refractivity contribution is 0.102. The lowest BCUT2D eigenvalue weighted by atomic mass is 10.2. The molecule has 34 heavy (non-hydrogen) atoms. The molecule has 1 amide bonds. The van der Waals surface area contributed by atoms with Crippen LogP contribution in [0.3, 0.4) is 0 Å². The molecule has 0 saturated carbocycles. The van der Waals surface area contributed by atoms with Gasteiger partial charge in [-0.2, -0.15) is 8.61 Å². The molecule has 0 bridgehead atoms. The van der Waals surface area contributed by atoms with Crippen molar-refractivity contribution in [3.8, 4) is 5.75 Å². The zero-order chi connectivity index (χ0) is 25.1. The van der Waals surface area contributed by atoms with Gasteiger partial charge in [0.25, 0.3) is 5.91 Å². The van der Waals surface area contributed by atoms with Crippen LogP contribution in [0, 0.1) is 6.92 Å². The number of carbonyl (C=O) groups excluding carboxylic acids is 1. The summed E-state index contributed by atoms with van der Waals surface area (Å²) in [6.07, 6.45) is 1.57. The molecule has 0 aliphatic carbocycles. The van der Waals surface area contributed by atoms with E-state index in [4.69, 9.17) is 4.74 Å². The molecule has 11 heteroatoms. The molecular formula is C23H31N3O6S2. The third-order valence-electron chi connectivity index (χ3n) is 5.88. The normalized spacial score (nSPS) is 15.0. The zero-order valence-electron chi connectivity index (χ0n) is 19.9. The highest BCUT2D eigenvalue weighted by atomic mass is 32.2. The highest BCUT2D eigenvalue weighted by molar-refractivity contribution is 7.89. The number of rotatable bonds is 9. The second-order valence-corrected chi connectivity index (χ2v) is 11.8. The van der Waals surface area contributed by atoms with Gasteiger partial charge in [0.15, 0.2) is 0 Å². The zero-order valence-corrected chi connectivity index (χ0v) is 21.5. The summed E-state index contributed by atoms with van der Waals surface area (Å²) in [7, 11) is -6.16. The third-order valence-corrected chi connectivity index (χ3v) is 9.99. The molecule has 0 radical (unpaired) electrons. The van der Waals surface area contributed by atoms with Gasteiger partial charge in [-0.3, -0.25) is 4.79 Å². The van der Waals surface area contributed by atoms with E-state index >= 15 is 0 Å². The predicted molar refractivity (Wildman–Crippen MR) is 130 cm³/mol. The monoisotopic (exact) mass is 509 g/mol. The van der Waals surface area contributed by atoms with Gasteiger partial charge in [-0.1, -0.05) is 19.9 Å². The van der Waals surface area contributed by atoms with E-state index in [-0.39, 0.29) is 21.1 Å². The minimum atomic E-state index is -3.81. The number of anilines is 1. The third kappa shape index (κ3) is 5.12. The highest BCUT2D eigenvalue weighted by Gasteiger charge is 2.31. The molecule has 1 aliphatic heterocycles. The van der Waals surface area contributed by atoms with Crippen molar-refractivity contribution in [1.82, 2.24) is 8.61 Å². The lowest BCUT2D eigenvalue weighted by Crippen LogP contribution is -2.31. The van der Waals surface area contributed by atoms with E-state index in [9.17, 15) is 21.6 Å². The molecule has 1 fully saturated rings. The number of sulfonamides is 2. The largest absolute Gasteiger partial charge is 0.495 e. The Labute approximate surface area is 201 Å². The molecule has 0 unspecified atom stereocenters. The van der Waals surface area contributed by atoms with Gasteiger partial charge in [-0.25, -0.2) is 16.8 Å². The Bertz CT molecular complexity index is 1270. The molecule has 9 nitrogen and oxygen atoms in total. The fourth-order valence-corrected chi connectivity index (χ4v) is 7.36. The number of benzene rings is 2. The van der Waals surface area contributed by atoms with Gasteiger partial charge in [0, 0.05) is 37.4 Å². The van der Waals surface area contributed by atoms with Crippen molar-refractivity contribution in [1.29, 1.82) is 0 Å². The number of nitrogens with one attached hydrogen (secondary N) is 1. The Balaban J connectivity index is 1.94. The number of amides is 1. The summed E-state index contributed by atoms with van der Waals surface area (Å²) < 4.78 is 60.2. The molecule has 0 aromatic heterocycles. The number of hydrogen-bond acceptors (Lipinski definition) is 6. The van der Waals surface area contributed by atoms with Crippen molar-refractivity contribution >= 4 is 31.6 Å². The van der Waals surface area contributed by atoms with Gasteiger partial charge in [0.2, 0.25) is 20.0 Å². The molecule has 1 heterocycles. The second-order valence-electron chi connectivity index (χ2n) is 8.00. The minimum Gasteiger partial charge on any atom is -0.495 e. The van der Waals surface area contributed by atoms with E-state index in [1.54, 1.807) is 32.9 Å². The van der Waals surface area contributed by atoms with Gasteiger partial charge >= 0.3 is 0 Å². The summed E-state index contributed by atoms with van der Waals surface area (Å²) >= 11 is 0. The maximum Gasteiger partial charge on any atom is 0.255 e. The van der Waals surface area contributed by atoms with Crippen molar-refractivity contribution in [2.45, 2.75) is 43.4 Å². The van der Waals surface area contributed by atoms with Crippen LogP contribution in [0.1, 0.15) is 42.6 Å². The first-order valence-electron chi connectivity index (χ1n) is 11.2. The van der Waals surface area contributed by atoms with E-state index in [1.165, 1.54) is 40.0 Å². The minimum absolute atomic E-state index is 0.0711. The molecule has 2 aromatic rings.